The van der Waals surface area contributed by atoms with E-state index in [0.717, 1.165) is 105 Å². The number of aromatic nitrogens is 17. The van der Waals surface area contributed by atoms with Crippen LogP contribution >= 0.6 is 0 Å². The van der Waals surface area contributed by atoms with Crippen molar-refractivity contribution in [2.24, 2.45) is 35.2 Å². The minimum atomic E-state index is -0.735. The first kappa shape index (κ1) is 70.9. The number of aryl methyl sites for hydroxylation is 5. The predicted octanol–water partition coefficient (Wildman–Crippen LogP) is 7.86. The fourth-order valence-electron chi connectivity index (χ4n) is 13.1. The summed E-state index contributed by atoms with van der Waals surface area (Å²) in [5.41, 5.74) is 16.2. The molecule has 2 aliphatic carbocycles. The molecule has 3 aliphatic rings. The Bertz CT molecular complexity index is 4920. The van der Waals surface area contributed by atoms with E-state index in [1.807, 2.05) is 165 Å². The molecule has 6 atom stereocenters. The lowest BCUT2D eigenvalue weighted by Gasteiger charge is -2.28. The van der Waals surface area contributed by atoms with Crippen molar-refractivity contribution in [2.75, 3.05) is 13.2 Å². The van der Waals surface area contributed by atoms with Crippen LogP contribution in [0.15, 0.2) is 171 Å². The van der Waals surface area contributed by atoms with Gasteiger partial charge in [-0.15, -0.1) is 0 Å². The summed E-state index contributed by atoms with van der Waals surface area (Å²) in [5.74, 6) is -0.276. The zero-order valence-electron chi connectivity index (χ0n) is 58.9. The van der Waals surface area contributed by atoms with Gasteiger partial charge in [0.2, 0.25) is 0 Å². The second kappa shape index (κ2) is 32.2. The fourth-order valence-corrected chi connectivity index (χ4v) is 13.1. The molecule has 6 N–H and O–H groups in total. The van der Waals surface area contributed by atoms with Crippen molar-refractivity contribution in [3.05, 3.63) is 227 Å². The van der Waals surface area contributed by atoms with Crippen LogP contribution in [-0.4, -0.2) is 166 Å². The molecule has 27 heteroatoms. The molecule has 3 fully saturated rings. The Morgan fingerprint density at radius 2 is 0.942 bits per heavy atom. The smallest absolute Gasteiger partial charge is 0.270 e. The van der Waals surface area contributed by atoms with E-state index >= 15 is 0 Å². The van der Waals surface area contributed by atoms with E-state index in [9.17, 15) is 29.7 Å². The quantitative estimate of drug-likeness (QED) is 0.0476. The molecule has 15 rings (SSSR count). The van der Waals surface area contributed by atoms with Crippen LogP contribution in [0, 0.1) is 6.92 Å². The molecule has 3 amide bonds. The molecule has 0 spiro atoms. The standard InChI is InChI=1S/C26H29N7O2.C26H28N6O3.C25H27N7O2/c1-32-10-9-21(31-32)23-12-18(11-17-7-8-20(27-14-17)19-15-28-33(2)16-19)13-24(29-23)26(35)30-22-5-3-4-6-25(22)34;1-17-20(14-18-4-6-19(7-5-18)21-8-12-31(2)30-21)15-23(28-25(17)32-11-3-10-27-32)26(34)29-22-9-13-35-16-24(22)33;1-31-9-8-20(30-31)22-11-17(12-23(28-22)25(34)29-21-4-3-5-24(21)33)10-16-6-7-19(26-13-16)18-14-27-32(2)15-18/h7-10,12-16,22,25,34H,3-6,11H2,1-2H3,(H,30,35);3-8,10-12,15,22,24,33H,9,13-14,16H2,1-2H3,(H,29,34);6-9,11-15,21,24,33H,3-5,10H2,1-2H3,(H,29,34)/t22-,25-;22-,24-;21-,24-/m000/s1. The monoisotopic (exact) mass is 1400 g/mol. The van der Waals surface area contributed by atoms with E-state index < -0.39 is 18.3 Å². The first-order chi connectivity index (χ1) is 50.4. The molecular weight excluding hydrogens is 1320 g/mol. The number of carbonyl (C=O) groups excluding carboxylic acids is 3. The maximum absolute atomic E-state index is 13.1. The van der Waals surface area contributed by atoms with Crippen molar-refractivity contribution in [1.29, 1.82) is 0 Å². The number of aliphatic hydroxyl groups excluding tert-OH is 3. The average molecular weight is 1400 g/mol. The van der Waals surface area contributed by atoms with Gasteiger partial charge in [-0.2, -0.15) is 30.6 Å². The van der Waals surface area contributed by atoms with Crippen molar-refractivity contribution in [2.45, 2.75) is 114 Å². The maximum atomic E-state index is 13.1. The van der Waals surface area contributed by atoms with E-state index in [-0.39, 0.29) is 42.5 Å². The summed E-state index contributed by atoms with van der Waals surface area (Å²) in [6.07, 6.45) is 26.7. The number of amides is 3. The lowest BCUT2D eigenvalue weighted by atomic mass is 9.92. The summed E-state index contributed by atoms with van der Waals surface area (Å²) >= 11 is 0. The third kappa shape index (κ3) is 17.7. The van der Waals surface area contributed by atoms with Gasteiger partial charge in [0.25, 0.3) is 17.7 Å². The van der Waals surface area contributed by atoms with Crippen molar-refractivity contribution >= 4 is 17.7 Å². The number of ether oxygens (including phenoxy) is 1. The lowest BCUT2D eigenvalue weighted by Crippen LogP contribution is -2.48. The Kier molecular flexibility index (Phi) is 22.0. The second-order valence-corrected chi connectivity index (χ2v) is 26.8. The van der Waals surface area contributed by atoms with E-state index in [1.165, 1.54) is 0 Å². The van der Waals surface area contributed by atoms with Crippen LogP contribution in [0.4, 0.5) is 0 Å². The lowest BCUT2D eigenvalue weighted by molar-refractivity contribution is -0.0261. The Balaban J connectivity index is 0.000000139. The van der Waals surface area contributed by atoms with Crippen molar-refractivity contribution in [3.8, 4) is 62.4 Å². The normalized spacial score (nSPS) is 17.9. The number of carbonyl (C=O) groups is 3. The van der Waals surface area contributed by atoms with Crippen LogP contribution in [0.25, 0.3) is 62.4 Å². The highest BCUT2D eigenvalue weighted by atomic mass is 16.5. The third-order valence-corrected chi connectivity index (χ3v) is 18.8. The molecule has 1 saturated heterocycles. The van der Waals surface area contributed by atoms with Crippen molar-refractivity contribution in [1.82, 2.24) is 99.6 Å². The summed E-state index contributed by atoms with van der Waals surface area (Å²) in [7, 11) is 9.35. The van der Waals surface area contributed by atoms with Gasteiger partial charge in [0, 0.05) is 114 Å². The fraction of sp³-hybridized carbons (Fsp3) is 0.325. The minimum Gasteiger partial charge on any atom is -0.391 e. The summed E-state index contributed by atoms with van der Waals surface area (Å²) in [4.78, 5) is 62.3. The highest BCUT2D eigenvalue weighted by Gasteiger charge is 2.30. The molecule has 12 heterocycles. The molecule has 1 aromatic carbocycles. The van der Waals surface area contributed by atoms with Gasteiger partial charge >= 0.3 is 0 Å². The molecule has 27 nitrogen and oxygen atoms in total. The highest BCUT2D eigenvalue weighted by Crippen LogP contribution is 2.28. The second-order valence-electron chi connectivity index (χ2n) is 26.8. The zero-order chi connectivity index (χ0) is 72.4. The molecule has 0 radical (unpaired) electrons. The van der Waals surface area contributed by atoms with E-state index in [4.69, 9.17) is 4.74 Å². The third-order valence-electron chi connectivity index (χ3n) is 18.8. The van der Waals surface area contributed by atoms with Crippen molar-refractivity contribution in [3.63, 3.8) is 0 Å². The van der Waals surface area contributed by atoms with Gasteiger partial charge in [-0.25, -0.2) is 19.6 Å². The number of hydrogen-bond donors (Lipinski definition) is 6. The summed E-state index contributed by atoms with van der Waals surface area (Å²) in [6, 6.07) is 32.4. The topological polar surface area (TPSA) is 329 Å². The van der Waals surface area contributed by atoms with Crippen LogP contribution in [0.2, 0.25) is 0 Å². The molecule has 0 unspecified atom stereocenters. The van der Waals surface area contributed by atoms with Gasteiger partial charge < -0.3 is 36.0 Å². The largest absolute Gasteiger partial charge is 0.391 e. The molecule has 11 aromatic heterocycles. The molecule has 534 valence electrons. The van der Waals surface area contributed by atoms with E-state index in [0.29, 0.717) is 90.8 Å². The molecule has 12 aromatic rings. The van der Waals surface area contributed by atoms with Gasteiger partial charge in [0.1, 0.15) is 28.5 Å². The number of benzene rings is 1. The van der Waals surface area contributed by atoms with Crippen LogP contribution in [0.1, 0.15) is 122 Å². The number of rotatable bonds is 18. The van der Waals surface area contributed by atoms with Crippen LogP contribution in [-0.2, 0) is 59.2 Å². The van der Waals surface area contributed by atoms with Gasteiger partial charge in [0.05, 0.1) is 83.9 Å². The Labute approximate surface area is 601 Å². The van der Waals surface area contributed by atoms with Gasteiger partial charge in [-0.05, 0) is 170 Å². The van der Waals surface area contributed by atoms with Gasteiger partial charge in [0.15, 0.2) is 5.82 Å². The Morgan fingerprint density at radius 1 is 0.452 bits per heavy atom. The van der Waals surface area contributed by atoms with E-state index in [2.05, 4.69) is 95.7 Å². The highest BCUT2D eigenvalue weighted by molar-refractivity contribution is 5.94. The number of hydrogen-bond acceptors (Lipinski definition) is 18. The number of aliphatic hydroxyl groups is 3. The SMILES string of the molecule is Cc1c(Cc2ccc(-c3ccn(C)n3)cc2)cc(C(=O)N[C@H]2CCOC[C@@H]2O)nc1-n1cccn1.Cn1cc(-c2ccc(Cc3cc(C(=O)N[C@H]4CCCC[C@@H]4O)nc(-c4ccn(C)n4)c3)cn2)cn1.Cn1cc(-c2ccc(Cc3cc(C(=O)N[C@H]4CCC[C@@H]4O)nc(-c4ccn(C)n4)c3)cn2)cn1. The number of pyridine rings is 5. The molecule has 2 saturated carbocycles. The predicted molar refractivity (Wildman–Crippen MR) is 388 cm³/mol. The summed E-state index contributed by atoms with van der Waals surface area (Å²) in [6.45, 7) is 2.71. The van der Waals surface area contributed by atoms with E-state index in [1.54, 1.807) is 52.7 Å². The molecule has 104 heavy (non-hydrogen) atoms. The maximum Gasteiger partial charge on any atom is 0.270 e. The number of nitrogens with one attached hydrogen (secondary N) is 3. The first-order valence-corrected chi connectivity index (χ1v) is 34.9. The summed E-state index contributed by atoms with van der Waals surface area (Å²) < 4.78 is 15.6. The zero-order valence-corrected chi connectivity index (χ0v) is 58.9. The molecule has 0 bridgehead atoms. The van der Waals surface area contributed by atoms with Crippen LogP contribution in [0.5, 0.6) is 0 Å². The van der Waals surface area contributed by atoms with Crippen LogP contribution < -0.4 is 16.0 Å². The van der Waals surface area contributed by atoms with Crippen LogP contribution in [0.3, 0.4) is 0 Å². The number of nitrogens with zero attached hydrogens (tertiary/aromatic N) is 17. The van der Waals surface area contributed by atoms with Gasteiger partial charge in [-0.1, -0.05) is 49.2 Å². The van der Waals surface area contributed by atoms with Gasteiger partial charge in [-0.3, -0.25) is 47.8 Å². The summed E-state index contributed by atoms with van der Waals surface area (Å²) in [5, 5.41) is 65.6. The molecule has 1 aliphatic heterocycles. The Morgan fingerprint density at radius 3 is 1.38 bits per heavy atom. The first-order valence-electron chi connectivity index (χ1n) is 34.9. The minimum absolute atomic E-state index is 0.213. The van der Waals surface area contributed by atoms with Crippen molar-refractivity contribution < 1.29 is 34.4 Å². The Hall–Kier alpha value is -11.5. The molecular formula is C77H84N20O7. The average Bonchev–Trinajstić information content (AvgIpc) is 1.23.